The lowest BCUT2D eigenvalue weighted by Gasteiger charge is -2.32. The number of piperidine rings is 1. The average molecular weight is 311 g/mol. The summed E-state index contributed by atoms with van der Waals surface area (Å²) in [5, 5.41) is 11.3. The van der Waals surface area contributed by atoms with E-state index in [9.17, 15) is 14.7 Å². The van der Waals surface area contributed by atoms with Gasteiger partial charge in [-0.2, -0.15) is 0 Å². The van der Waals surface area contributed by atoms with Crippen molar-refractivity contribution < 1.29 is 14.7 Å². The van der Waals surface area contributed by atoms with Crippen molar-refractivity contribution >= 4 is 22.5 Å². The molecule has 120 valence electrons. The van der Waals surface area contributed by atoms with Gasteiger partial charge in [0.05, 0.1) is 0 Å². The Labute approximate surface area is 135 Å². The molecule has 0 bridgehead atoms. The molecule has 0 amide bonds. The summed E-state index contributed by atoms with van der Waals surface area (Å²) in [6.07, 6.45) is 2.99. The number of hydrogen-bond acceptors (Lipinski definition) is 3. The van der Waals surface area contributed by atoms with Crippen LogP contribution in [-0.4, -0.2) is 40.9 Å². The van der Waals surface area contributed by atoms with Gasteiger partial charge < -0.3 is 5.11 Å². The summed E-state index contributed by atoms with van der Waals surface area (Å²) in [5.41, 5.74) is 0.729. The first-order valence-electron chi connectivity index (χ1n) is 8.14. The van der Waals surface area contributed by atoms with E-state index in [-0.39, 0.29) is 5.78 Å². The standard InChI is InChI=1S/C19H21NO3/c21-18(11-13-20-12-4-3-10-17(20)19(22)23)16-9-5-7-14-6-1-2-8-15(14)16/h1-2,5-9,17H,3-4,10-13H2,(H,22,23). The molecular weight excluding hydrogens is 290 g/mol. The first kappa shape index (κ1) is 15.7. The molecule has 0 spiro atoms. The summed E-state index contributed by atoms with van der Waals surface area (Å²) in [4.78, 5) is 25.9. The van der Waals surface area contributed by atoms with Gasteiger partial charge in [-0.15, -0.1) is 0 Å². The Balaban J connectivity index is 1.72. The average Bonchev–Trinajstić information content (AvgIpc) is 2.59. The van der Waals surface area contributed by atoms with Crippen molar-refractivity contribution in [3.63, 3.8) is 0 Å². The highest BCUT2D eigenvalue weighted by molar-refractivity contribution is 6.08. The molecular formula is C19H21NO3. The lowest BCUT2D eigenvalue weighted by atomic mass is 9.98. The maximum atomic E-state index is 12.6. The summed E-state index contributed by atoms with van der Waals surface area (Å²) >= 11 is 0. The minimum atomic E-state index is -0.776. The van der Waals surface area contributed by atoms with E-state index in [4.69, 9.17) is 0 Å². The van der Waals surface area contributed by atoms with Crippen LogP contribution in [0.4, 0.5) is 0 Å². The van der Waals surface area contributed by atoms with Crippen molar-refractivity contribution in [2.24, 2.45) is 0 Å². The van der Waals surface area contributed by atoms with Crippen molar-refractivity contribution in [3.8, 4) is 0 Å². The van der Waals surface area contributed by atoms with Gasteiger partial charge in [-0.05, 0) is 30.2 Å². The largest absolute Gasteiger partial charge is 0.480 e. The summed E-state index contributed by atoms with van der Waals surface area (Å²) in [7, 11) is 0. The highest BCUT2D eigenvalue weighted by Crippen LogP contribution is 2.21. The van der Waals surface area contributed by atoms with E-state index in [0.717, 1.165) is 35.7 Å². The van der Waals surface area contributed by atoms with Crippen LogP contribution in [-0.2, 0) is 4.79 Å². The number of carbonyl (C=O) groups excluding carboxylic acids is 1. The van der Waals surface area contributed by atoms with Crippen LogP contribution in [0.5, 0.6) is 0 Å². The number of likely N-dealkylation sites (tertiary alicyclic amines) is 1. The first-order chi connectivity index (χ1) is 11.2. The molecule has 1 heterocycles. The van der Waals surface area contributed by atoms with Gasteiger partial charge in [0, 0.05) is 18.5 Å². The van der Waals surface area contributed by atoms with Gasteiger partial charge in [-0.1, -0.05) is 48.9 Å². The van der Waals surface area contributed by atoms with E-state index in [2.05, 4.69) is 0 Å². The van der Waals surface area contributed by atoms with Crippen molar-refractivity contribution in [2.45, 2.75) is 31.7 Å². The SMILES string of the molecule is O=C(CCN1CCCCC1C(=O)O)c1cccc2ccccc12. The molecule has 1 N–H and O–H groups in total. The summed E-state index contributed by atoms with van der Waals surface area (Å²) in [6, 6.07) is 13.2. The van der Waals surface area contributed by atoms with Gasteiger partial charge in [0.25, 0.3) is 0 Å². The van der Waals surface area contributed by atoms with Crippen LogP contribution in [0.3, 0.4) is 0 Å². The topological polar surface area (TPSA) is 57.6 Å². The molecule has 1 atom stereocenters. The molecule has 1 saturated heterocycles. The normalized spacial score (nSPS) is 18.9. The number of carboxylic acids is 1. The van der Waals surface area contributed by atoms with Crippen LogP contribution >= 0.6 is 0 Å². The monoisotopic (exact) mass is 311 g/mol. The lowest BCUT2D eigenvalue weighted by Crippen LogP contribution is -2.45. The number of nitrogens with zero attached hydrogens (tertiary/aromatic N) is 1. The van der Waals surface area contributed by atoms with Gasteiger partial charge in [0.1, 0.15) is 6.04 Å². The van der Waals surface area contributed by atoms with Gasteiger partial charge in [0.15, 0.2) is 5.78 Å². The molecule has 0 aliphatic carbocycles. The van der Waals surface area contributed by atoms with Crippen molar-refractivity contribution in [2.75, 3.05) is 13.1 Å². The highest BCUT2D eigenvalue weighted by atomic mass is 16.4. The smallest absolute Gasteiger partial charge is 0.320 e. The van der Waals surface area contributed by atoms with E-state index in [0.29, 0.717) is 19.4 Å². The number of hydrogen-bond donors (Lipinski definition) is 1. The minimum Gasteiger partial charge on any atom is -0.480 e. The van der Waals surface area contributed by atoms with Gasteiger partial charge in [-0.25, -0.2) is 0 Å². The van der Waals surface area contributed by atoms with Crippen LogP contribution in [0.15, 0.2) is 42.5 Å². The zero-order valence-corrected chi connectivity index (χ0v) is 13.1. The van der Waals surface area contributed by atoms with Crippen LogP contribution in [0.2, 0.25) is 0 Å². The molecule has 4 nitrogen and oxygen atoms in total. The Morgan fingerprint density at radius 2 is 1.87 bits per heavy atom. The van der Waals surface area contributed by atoms with Crippen LogP contribution in [0.1, 0.15) is 36.0 Å². The zero-order chi connectivity index (χ0) is 16.2. The molecule has 1 unspecified atom stereocenters. The second kappa shape index (κ2) is 6.92. The summed E-state index contributed by atoms with van der Waals surface area (Å²) in [6.45, 7) is 1.28. The molecule has 0 aromatic heterocycles. The molecule has 23 heavy (non-hydrogen) atoms. The molecule has 1 aliphatic heterocycles. The van der Waals surface area contributed by atoms with Crippen molar-refractivity contribution in [1.82, 2.24) is 4.90 Å². The van der Waals surface area contributed by atoms with E-state index >= 15 is 0 Å². The Morgan fingerprint density at radius 1 is 1.09 bits per heavy atom. The van der Waals surface area contributed by atoms with Crippen molar-refractivity contribution in [1.29, 1.82) is 0 Å². The van der Waals surface area contributed by atoms with Gasteiger partial charge in [0.2, 0.25) is 0 Å². The fourth-order valence-electron chi connectivity index (χ4n) is 3.39. The number of fused-ring (bicyclic) bond motifs is 1. The third-order valence-electron chi connectivity index (χ3n) is 4.61. The van der Waals surface area contributed by atoms with Crippen LogP contribution in [0, 0.1) is 0 Å². The number of ketones is 1. The molecule has 1 aliphatic rings. The van der Waals surface area contributed by atoms with Gasteiger partial charge in [-0.3, -0.25) is 14.5 Å². The molecule has 0 radical (unpaired) electrons. The van der Waals surface area contributed by atoms with Crippen LogP contribution in [0.25, 0.3) is 10.8 Å². The Hall–Kier alpha value is -2.20. The quantitative estimate of drug-likeness (QED) is 0.860. The number of benzene rings is 2. The van der Waals surface area contributed by atoms with E-state index in [1.54, 1.807) is 0 Å². The van der Waals surface area contributed by atoms with Crippen molar-refractivity contribution in [3.05, 3.63) is 48.0 Å². The van der Waals surface area contributed by atoms with Gasteiger partial charge >= 0.3 is 5.97 Å². The molecule has 0 saturated carbocycles. The summed E-state index contributed by atoms with van der Waals surface area (Å²) < 4.78 is 0. The third kappa shape index (κ3) is 3.42. The first-order valence-corrected chi connectivity index (χ1v) is 8.14. The molecule has 2 aromatic rings. The molecule has 3 rings (SSSR count). The number of rotatable bonds is 5. The minimum absolute atomic E-state index is 0.0801. The lowest BCUT2D eigenvalue weighted by molar-refractivity contribution is -0.144. The maximum absolute atomic E-state index is 12.6. The second-order valence-corrected chi connectivity index (χ2v) is 6.09. The Bertz CT molecular complexity index is 720. The fourth-order valence-corrected chi connectivity index (χ4v) is 3.39. The molecule has 2 aromatic carbocycles. The van der Waals surface area contributed by atoms with E-state index in [1.807, 2.05) is 47.4 Å². The third-order valence-corrected chi connectivity index (χ3v) is 4.61. The Morgan fingerprint density at radius 3 is 2.70 bits per heavy atom. The fraction of sp³-hybridized carbons (Fsp3) is 0.368. The number of aliphatic carboxylic acids is 1. The maximum Gasteiger partial charge on any atom is 0.320 e. The number of Topliss-reactive ketones (excluding diaryl/α,β-unsaturated/α-hetero) is 1. The van der Waals surface area contributed by atoms with E-state index in [1.165, 1.54) is 0 Å². The predicted molar refractivity (Wildman–Crippen MR) is 89.7 cm³/mol. The molecule has 1 fully saturated rings. The second-order valence-electron chi connectivity index (χ2n) is 6.09. The molecule has 4 heteroatoms. The van der Waals surface area contributed by atoms with E-state index < -0.39 is 12.0 Å². The number of carbonyl (C=O) groups is 2. The Kier molecular flexibility index (Phi) is 4.72. The highest BCUT2D eigenvalue weighted by Gasteiger charge is 2.28. The summed E-state index contributed by atoms with van der Waals surface area (Å²) in [5.74, 6) is -0.696. The van der Waals surface area contributed by atoms with Crippen LogP contribution < -0.4 is 0 Å². The zero-order valence-electron chi connectivity index (χ0n) is 13.1. The predicted octanol–water partition coefficient (Wildman–Crippen LogP) is 3.35. The number of carboxylic acid groups (broad SMARTS) is 1.